The summed E-state index contributed by atoms with van der Waals surface area (Å²) in [6.07, 6.45) is 2.53. The lowest BCUT2D eigenvalue weighted by atomic mass is 10.1. The van der Waals surface area contributed by atoms with E-state index < -0.39 is 12.1 Å². The summed E-state index contributed by atoms with van der Waals surface area (Å²) in [6.45, 7) is 1.83. The van der Waals surface area contributed by atoms with Crippen LogP contribution >= 0.6 is 0 Å². The number of carboxylic acids is 1. The lowest BCUT2D eigenvalue weighted by molar-refractivity contribution is -0.192. The molecule has 1 amide bonds. The molecule has 188 valence electrons. The number of nitrogens with zero attached hydrogens (tertiary/aromatic N) is 4. The zero-order chi connectivity index (χ0) is 25.4. The fraction of sp³-hybridized carbons (Fsp3) is 0.391. The number of benzene rings is 1. The van der Waals surface area contributed by atoms with Gasteiger partial charge in [-0.05, 0) is 29.5 Å². The van der Waals surface area contributed by atoms with Crippen LogP contribution in [0.25, 0.3) is 0 Å². The lowest BCUT2D eigenvalue weighted by Gasteiger charge is -2.22. The van der Waals surface area contributed by atoms with E-state index in [0.717, 1.165) is 24.2 Å². The van der Waals surface area contributed by atoms with Gasteiger partial charge in [0.25, 0.3) is 0 Å². The Balaban J connectivity index is 0.000000429. The highest BCUT2D eigenvalue weighted by atomic mass is 19.4. The van der Waals surface area contributed by atoms with Crippen LogP contribution in [0.2, 0.25) is 0 Å². The van der Waals surface area contributed by atoms with Crippen molar-refractivity contribution >= 4 is 11.9 Å². The first-order chi connectivity index (χ1) is 16.6. The molecule has 1 unspecified atom stereocenters. The summed E-state index contributed by atoms with van der Waals surface area (Å²) in [5, 5.41) is 19.0. The second kappa shape index (κ2) is 11.6. The van der Waals surface area contributed by atoms with Crippen LogP contribution in [0, 0.1) is 0 Å². The monoisotopic (exact) mass is 493 g/mol. The number of hydrogen-bond donors (Lipinski definition) is 2. The molecule has 2 N–H and O–H groups in total. The van der Waals surface area contributed by atoms with E-state index in [2.05, 4.69) is 28.7 Å². The number of nitrogens with one attached hydrogen (secondary N) is 1. The summed E-state index contributed by atoms with van der Waals surface area (Å²) in [6, 6.07) is 10.3. The predicted molar refractivity (Wildman–Crippen MR) is 118 cm³/mol. The molecule has 0 bridgehead atoms. The molecule has 1 atom stereocenters. The van der Waals surface area contributed by atoms with Crippen LogP contribution in [0.15, 0.2) is 48.9 Å². The van der Waals surface area contributed by atoms with Gasteiger partial charge >= 0.3 is 12.1 Å². The molecule has 9 nitrogen and oxygen atoms in total. The largest absolute Gasteiger partial charge is 0.490 e. The van der Waals surface area contributed by atoms with Crippen molar-refractivity contribution in [3.8, 4) is 0 Å². The van der Waals surface area contributed by atoms with Gasteiger partial charge in [0.2, 0.25) is 5.91 Å². The van der Waals surface area contributed by atoms with Crippen molar-refractivity contribution in [2.75, 3.05) is 13.2 Å². The highest BCUT2D eigenvalue weighted by molar-refractivity contribution is 5.76. The molecule has 3 heterocycles. The van der Waals surface area contributed by atoms with Crippen molar-refractivity contribution in [3.63, 3.8) is 0 Å². The molecule has 1 aromatic carbocycles. The first-order valence-corrected chi connectivity index (χ1v) is 10.9. The molecule has 2 aromatic heterocycles. The number of ether oxygens (including phenoxy) is 1. The summed E-state index contributed by atoms with van der Waals surface area (Å²) >= 11 is 0. The highest BCUT2D eigenvalue weighted by Gasteiger charge is 2.38. The molecule has 1 aliphatic rings. The molecule has 4 rings (SSSR count). The highest BCUT2D eigenvalue weighted by Crippen LogP contribution is 2.25. The molecule has 0 fully saturated rings. The number of aromatic nitrogens is 4. The Morgan fingerprint density at radius 2 is 1.91 bits per heavy atom. The second-order valence-corrected chi connectivity index (χ2v) is 7.96. The summed E-state index contributed by atoms with van der Waals surface area (Å²) in [5.74, 6) is -2.74. The van der Waals surface area contributed by atoms with E-state index in [4.69, 9.17) is 19.7 Å². The van der Waals surface area contributed by atoms with Crippen molar-refractivity contribution in [1.29, 1.82) is 0 Å². The maximum atomic E-state index is 12.2. The van der Waals surface area contributed by atoms with Gasteiger partial charge < -0.3 is 15.2 Å². The number of amides is 1. The minimum Gasteiger partial charge on any atom is -0.475 e. The fourth-order valence-electron chi connectivity index (χ4n) is 3.49. The van der Waals surface area contributed by atoms with Crippen molar-refractivity contribution in [2.45, 2.75) is 38.1 Å². The van der Waals surface area contributed by atoms with E-state index in [-0.39, 0.29) is 12.0 Å². The minimum absolute atomic E-state index is 0.0169. The normalized spacial score (nSPS) is 15.0. The average molecular weight is 493 g/mol. The molecular weight excluding hydrogens is 467 g/mol. The molecule has 0 aliphatic carbocycles. The number of fused-ring (bicyclic) bond motifs is 1. The fourth-order valence-corrected chi connectivity index (χ4v) is 3.49. The first-order valence-electron chi connectivity index (χ1n) is 10.9. The summed E-state index contributed by atoms with van der Waals surface area (Å²) in [4.78, 5) is 21.1. The predicted octanol–water partition coefficient (Wildman–Crippen LogP) is 2.66. The van der Waals surface area contributed by atoms with Crippen LogP contribution in [-0.4, -0.2) is 55.9 Å². The van der Waals surface area contributed by atoms with Crippen LogP contribution < -0.4 is 5.32 Å². The number of aliphatic carboxylic acids is 1. The van der Waals surface area contributed by atoms with Gasteiger partial charge in [0, 0.05) is 32.4 Å². The third-order valence-corrected chi connectivity index (χ3v) is 5.18. The first kappa shape index (κ1) is 25.9. The van der Waals surface area contributed by atoms with Gasteiger partial charge in [-0.1, -0.05) is 30.3 Å². The second-order valence-electron chi connectivity index (χ2n) is 7.96. The zero-order valence-electron chi connectivity index (χ0n) is 19.0. The molecule has 0 saturated carbocycles. The Morgan fingerprint density at radius 3 is 2.54 bits per heavy atom. The van der Waals surface area contributed by atoms with E-state index in [1.54, 1.807) is 10.9 Å². The third kappa shape index (κ3) is 7.95. The van der Waals surface area contributed by atoms with E-state index >= 15 is 0 Å². The molecule has 0 saturated heterocycles. The summed E-state index contributed by atoms with van der Waals surface area (Å²) in [7, 11) is 1.87. The third-order valence-electron chi connectivity index (χ3n) is 5.18. The molecule has 3 aromatic rings. The van der Waals surface area contributed by atoms with E-state index in [0.29, 0.717) is 26.0 Å². The number of carbonyl (C=O) groups is 2. The minimum atomic E-state index is -5.08. The van der Waals surface area contributed by atoms with Crippen molar-refractivity contribution in [3.05, 3.63) is 71.3 Å². The maximum absolute atomic E-state index is 12.2. The van der Waals surface area contributed by atoms with Crippen LogP contribution in [0.4, 0.5) is 13.2 Å². The smallest absolute Gasteiger partial charge is 0.475 e. The maximum Gasteiger partial charge on any atom is 0.490 e. The van der Waals surface area contributed by atoms with Gasteiger partial charge in [0.05, 0.1) is 25.0 Å². The number of carboxylic acid groups (broad SMARTS) is 1. The Kier molecular flexibility index (Phi) is 8.63. The lowest BCUT2D eigenvalue weighted by Crippen LogP contribution is -2.32. The molecule has 0 spiro atoms. The van der Waals surface area contributed by atoms with Crippen LogP contribution in [0.3, 0.4) is 0 Å². The Hall–Kier alpha value is -3.67. The molecule has 1 aliphatic heterocycles. The number of rotatable bonds is 7. The van der Waals surface area contributed by atoms with Crippen LogP contribution in [0.1, 0.15) is 34.9 Å². The van der Waals surface area contributed by atoms with Gasteiger partial charge in [0.1, 0.15) is 6.10 Å². The van der Waals surface area contributed by atoms with Gasteiger partial charge in [0.15, 0.2) is 0 Å². The Morgan fingerprint density at radius 1 is 1.20 bits per heavy atom. The molecule has 12 heteroatoms. The number of hydrogen-bond acceptors (Lipinski definition) is 5. The van der Waals surface area contributed by atoms with Crippen LogP contribution in [-0.2, 0) is 40.8 Å². The SMILES string of the molecule is Cn1cc(CCC(=O)NCC2OCCc3cn(Cc4ccccc4)nc32)cn1.O=C(O)C(F)(F)F. The molecule has 35 heavy (non-hydrogen) atoms. The number of aryl methyl sites for hydroxylation is 2. The van der Waals surface area contributed by atoms with E-state index in [1.807, 2.05) is 36.1 Å². The standard InChI is InChI=1S/C21H25N5O2.C2HF3O2/c1-25-13-17(11-23-25)7-8-20(27)22-12-19-21-18(9-10-28-19)15-26(24-21)14-16-5-3-2-4-6-16;3-2(4,5)1(6)7/h2-6,11,13,15,19H,7-10,12,14H2,1H3,(H,22,27);(H,6,7). The average Bonchev–Trinajstić information content (AvgIpc) is 3.42. The van der Waals surface area contributed by atoms with Gasteiger partial charge in [-0.15, -0.1) is 0 Å². The molecule has 0 radical (unpaired) electrons. The van der Waals surface area contributed by atoms with Crippen molar-refractivity contribution in [2.24, 2.45) is 7.05 Å². The summed E-state index contributed by atoms with van der Waals surface area (Å²) < 4.78 is 41.3. The van der Waals surface area contributed by atoms with Crippen molar-refractivity contribution in [1.82, 2.24) is 24.9 Å². The quantitative estimate of drug-likeness (QED) is 0.524. The Bertz CT molecular complexity index is 1130. The van der Waals surface area contributed by atoms with Gasteiger partial charge in [-0.25, -0.2) is 4.79 Å². The topological polar surface area (TPSA) is 111 Å². The van der Waals surface area contributed by atoms with Crippen LogP contribution in [0.5, 0.6) is 0 Å². The zero-order valence-corrected chi connectivity index (χ0v) is 19.0. The van der Waals surface area contributed by atoms with E-state index in [9.17, 15) is 18.0 Å². The number of halogens is 3. The summed E-state index contributed by atoms with van der Waals surface area (Å²) in [5.41, 5.74) is 4.42. The van der Waals surface area contributed by atoms with E-state index in [1.165, 1.54) is 11.1 Å². The van der Waals surface area contributed by atoms with Gasteiger partial charge in [-0.3, -0.25) is 14.2 Å². The van der Waals surface area contributed by atoms with Crippen molar-refractivity contribution < 1.29 is 32.6 Å². The van der Waals surface area contributed by atoms with Gasteiger partial charge in [-0.2, -0.15) is 23.4 Å². The molecular formula is C23H26F3N5O4. The Labute approximate surface area is 199 Å². The number of alkyl halides is 3. The number of carbonyl (C=O) groups excluding carboxylic acids is 1.